The number of aromatic amines is 1. The van der Waals surface area contributed by atoms with Crippen LogP contribution in [0.1, 0.15) is 5.82 Å². The fraction of sp³-hybridized carbons (Fsp3) is 0.200. The highest BCUT2D eigenvalue weighted by atomic mass is 14.9. The van der Waals surface area contributed by atoms with Crippen molar-refractivity contribution in [1.82, 2.24) is 9.97 Å². The van der Waals surface area contributed by atoms with Crippen LogP contribution in [0.2, 0.25) is 0 Å². The van der Waals surface area contributed by atoms with Crippen LogP contribution in [0, 0.1) is 18.8 Å². The fourth-order valence-corrected chi connectivity index (χ4v) is 0.344. The normalized spacial score (nSPS) is 6.88. The maximum Gasteiger partial charge on any atom is 0.102 e. The summed E-state index contributed by atoms with van der Waals surface area (Å²) in [5.41, 5.74) is 0. The van der Waals surface area contributed by atoms with Gasteiger partial charge in [0.25, 0.3) is 0 Å². The molecule has 1 aromatic heterocycles. The Morgan fingerprint density at radius 1 is 1.75 bits per heavy atom. The van der Waals surface area contributed by atoms with Crippen LogP contribution in [-0.2, 0) is 0 Å². The van der Waals surface area contributed by atoms with Gasteiger partial charge in [-0.25, -0.2) is 10.2 Å². The Bertz CT molecular complexity index is 140. The highest BCUT2D eigenvalue weighted by Crippen LogP contribution is 1.78. The Morgan fingerprint density at radius 2 is 2.38 bits per heavy atom. The lowest BCUT2D eigenvalue weighted by molar-refractivity contribution is 1.15. The van der Waals surface area contributed by atoms with Crippen LogP contribution >= 0.6 is 0 Å². The van der Waals surface area contributed by atoms with Crippen LogP contribution < -0.4 is 0 Å². The smallest absolute Gasteiger partial charge is 0.102 e. The summed E-state index contributed by atoms with van der Waals surface area (Å²) >= 11 is 0. The molecule has 0 saturated heterocycles. The topological polar surface area (TPSA) is 52.5 Å². The van der Waals surface area contributed by atoms with Gasteiger partial charge in [0.15, 0.2) is 0 Å². The maximum atomic E-state index is 6.50. The van der Waals surface area contributed by atoms with Crippen LogP contribution in [0.5, 0.6) is 0 Å². The minimum atomic E-state index is 0.968. The zero-order chi connectivity index (χ0) is 6.41. The predicted molar refractivity (Wildman–Crippen MR) is 30.0 cm³/mol. The van der Waals surface area contributed by atoms with Gasteiger partial charge in [0.2, 0.25) is 0 Å². The van der Waals surface area contributed by atoms with Gasteiger partial charge in [-0.2, -0.15) is 0 Å². The van der Waals surface area contributed by atoms with Gasteiger partial charge in [0.1, 0.15) is 5.82 Å². The van der Waals surface area contributed by atoms with E-state index in [1.54, 1.807) is 12.4 Å². The number of rotatable bonds is 0. The maximum absolute atomic E-state index is 6.50. The molecular weight excluding hydrogens is 102 g/mol. The first-order chi connectivity index (χ1) is 3.89. The molecule has 1 heterocycles. The lowest BCUT2D eigenvalue weighted by atomic mass is 10.8. The van der Waals surface area contributed by atoms with Gasteiger partial charge in [-0.1, -0.05) is 0 Å². The van der Waals surface area contributed by atoms with Gasteiger partial charge in [0.05, 0.1) is 0 Å². The van der Waals surface area contributed by atoms with E-state index in [4.69, 9.17) is 5.26 Å². The molecule has 0 fully saturated rings. The molecule has 42 valence electrons. The van der Waals surface area contributed by atoms with Crippen LogP contribution in [0.4, 0.5) is 0 Å². The van der Waals surface area contributed by atoms with Gasteiger partial charge in [-0.3, -0.25) is 0 Å². The van der Waals surface area contributed by atoms with Crippen molar-refractivity contribution in [3.8, 4) is 6.57 Å². The van der Waals surface area contributed by atoms with Gasteiger partial charge >= 0.3 is 0 Å². The molecule has 1 rings (SSSR count). The first-order valence-corrected chi connectivity index (χ1v) is 2.11. The standard InChI is InChI=1S/C4H6N2.CHN/c1-4-5-2-3-6-4;1-2/h2-3H,1H3,(H,5,6);1H. The third-order valence-electron chi connectivity index (χ3n) is 0.635. The summed E-state index contributed by atoms with van der Waals surface area (Å²) in [6, 6.07) is 0. The minimum absolute atomic E-state index is 0.968. The van der Waals surface area contributed by atoms with E-state index in [9.17, 15) is 0 Å². The van der Waals surface area contributed by atoms with Crippen molar-refractivity contribution < 1.29 is 0 Å². The van der Waals surface area contributed by atoms with Crippen LogP contribution in [0.3, 0.4) is 0 Å². The lowest BCUT2D eigenvalue weighted by Gasteiger charge is -1.68. The molecule has 0 radical (unpaired) electrons. The summed E-state index contributed by atoms with van der Waals surface area (Å²) in [5, 5.41) is 6.50. The Morgan fingerprint density at radius 3 is 2.50 bits per heavy atom. The van der Waals surface area contributed by atoms with Crippen molar-refractivity contribution in [3.05, 3.63) is 18.2 Å². The molecule has 0 aromatic carbocycles. The second kappa shape index (κ2) is 3.88. The lowest BCUT2D eigenvalue weighted by Crippen LogP contribution is -1.66. The number of aromatic nitrogens is 2. The monoisotopic (exact) mass is 109 g/mol. The van der Waals surface area contributed by atoms with Crippen LogP contribution in [-0.4, -0.2) is 9.97 Å². The number of nitriles is 1. The quantitative estimate of drug-likeness (QED) is 0.537. The largest absolute Gasteiger partial charge is 0.349 e. The molecule has 0 amide bonds. The van der Waals surface area contributed by atoms with Crippen molar-refractivity contribution in [2.45, 2.75) is 6.92 Å². The first-order valence-electron chi connectivity index (χ1n) is 2.11. The third kappa shape index (κ3) is 1.98. The number of nitrogens with one attached hydrogen (secondary N) is 1. The number of H-pyrrole nitrogens is 1. The first kappa shape index (κ1) is 6.70. The number of hydrogen-bond donors (Lipinski definition) is 1. The average molecular weight is 109 g/mol. The van der Waals surface area contributed by atoms with Crippen molar-refractivity contribution in [3.63, 3.8) is 0 Å². The molecular formula is C5H7N3. The van der Waals surface area contributed by atoms with Gasteiger partial charge < -0.3 is 4.98 Å². The van der Waals surface area contributed by atoms with Crippen LogP contribution in [0.25, 0.3) is 0 Å². The molecule has 3 nitrogen and oxygen atoms in total. The predicted octanol–water partition coefficient (Wildman–Crippen LogP) is 0.858. The number of hydrogen-bond acceptors (Lipinski definition) is 2. The zero-order valence-corrected chi connectivity index (χ0v) is 4.63. The molecule has 3 heteroatoms. The van der Waals surface area contributed by atoms with E-state index in [2.05, 4.69) is 16.5 Å². The van der Waals surface area contributed by atoms with Crippen molar-refractivity contribution in [2.24, 2.45) is 0 Å². The Balaban J connectivity index is 0.000000222. The Hall–Kier alpha value is -1.30. The van der Waals surface area contributed by atoms with Crippen molar-refractivity contribution in [2.75, 3.05) is 0 Å². The number of aryl methyl sites for hydroxylation is 1. The highest BCUT2D eigenvalue weighted by Gasteiger charge is 1.73. The molecule has 1 N–H and O–H groups in total. The minimum Gasteiger partial charge on any atom is -0.349 e. The molecule has 1 aromatic rings. The van der Waals surface area contributed by atoms with E-state index in [0.29, 0.717) is 0 Å². The van der Waals surface area contributed by atoms with Gasteiger partial charge in [-0.15, -0.1) is 0 Å². The van der Waals surface area contributed by atoms with E-state index in [1.165, 1.54) is 0 Å². The Kier molecular flexibility index (Phi) is 3.25. The van der Waals surface area contributed by atoms with E-state index < -0.39 is 0 Å². The molecule has 0 unspecified atom stereocenters. The molecule has 0 bridgehead atoms. The van der Waals surface area contributed by atoms with E-state index in [0.717, 1.165) is 5.82 Å². The Labute approximate surface area is 48.0 Å². The summed E-state index contributed by atoms with van der Waals surface area (Å²) in [6.07, 6.45) is 3.53. The van der Waals surface area contributed by atoms with Crippen LogP contribution in [0.15, 0.2) is 12.4 Å². The van der Waals surface area contributed by atoms with Crippen molar-refractivity contribution in [1.29, 1.82) is 5.26 Å². The third-order valence-corrected chi connectivity index (χ3v) is 0.635. The van der Waals surface area contributed by atoms with Gasteiger partial charge in [-0.05, 0) is 6.92 Å². The molecule has 0 aliphatic rings. The summed E-state index contributed by atoms with van der Waals surface area (Å²) in [6.45, 7) is 5.42. The molecule has 8 heavy (non-hydrogen) atoms. The van der Waals surface area contributed by atoms with E-state index in [1.807, 2.05) is 6.92 Å². The molecule has 0 saturated carbocycles. The van der Waals surface area contributed by atoms with Gasteiger partial charge in [0, 0.05) is 19.0 Å². The summed E-state index contributed by atoms with van der Waals surface area (Å²) in [7, 11) is 0. The van der Waals surface area contributed by atoms with E-state index in [-0.39, 0.29) is 0 Å². The van der Waals surface area contributed by atoms with Crippen molar-refractivity contribution >= 4 is 0 Å². The second-order valence-electron chi connectivity index (χ2n) is 1.17. The molecule has 0 aliphatic carbocycles. The summed E-state index contributed by atoms with van der Waals surface area (Å²) in [4.78, 5) is 6.75. The molecule has 0 spiro atoms. The highest BCUT2D eigenvalue weighted by molar-refractivity contribution is 4.80. The second-order valence-corrected chi connectivity index (χ2v) is 1.17. The summed E-state index contributed by atoms with van der Waals surface area (Å²) < 4.78 is 0. The zero-order valence-electron chi connectivity index (χ0n) is 4.63. The number of imidazole rings is 1. The van der Waals surface area contributed by atoms with E-state index >= 15 is 0 Å². The number of nitrogens with zero attached hydrogens (tertiary/aromatic N) is 2. The molecule has 0 aliphatic heterocycles. The molecule has 0 atom stereocenters. The summed E-state index contributed by atoms with van der Waals surface area (Å²) in [5.74, 6) is 0.968. The average Bonchev–Trinajstić information content (AvgIpc) is 2.24. The fourth-order valence-electron chi connectivity index (χ4n) is 0.344. The SMILES string of the molecule is C#N.Cc1ncc[nH]1.